The highest BCUT2D eigenvalue weighted by atomic mass is 19.2. The summed E-state index contributed by atoms with van der Waals surface area (Å²) in [5, 5.41) is 6.74. The lowest BCUT2D eigenvalue weighted by Gasteiger charge is -2.07. The van der Waals surface area contributed by atoms with Gasteiger partial charge in [0.05, 0.1) is 5.69 Å². The number of aromatic nitrogens is 3. The second-order valence-electron chi connectivity index (χ2n) is 4.92. The molecule has 0 aliphatic carbocycles. The summed E-state index contributed by atoms with van der Waals surface area (Å²) in [5.74, 6) is -2.50. The van der Waals surface area contributed by atoms with Crippen LogP contribution in [0.2, 0.25) is 0 Å². The maximum Gasteiger partial charge on any atom is 0.274 e. The molecule has 1 aromatic carbocycles. The number of nitrogens with zero attached hydrogens (tertiary/aromatic N) is 3. The Hall–Kier alpha value is -2.83. The Morgan fingerprint density at radius 3 is 2.64 bits per heavy atom. The van der Waals surface area contributed by atoms with Crippen molar-refractivity contribution in [2.24, 2.45) is 0 Å². The van der Waals surface area contributed by atoms with Crippen LogP contribution in [-0.2, 0) is 0 Å². The van der Waals surface area contributed by atoms with Gasteiger partial charge in [0.1, 0.15) is 5.69 Å². The van der Waals surface area contributed by atoms with Gasteiger partial charge >= 0.3 is 0 Å². The summed E-state index contributed by atoms with van der Waals surface area (Å²) >= 11 is 0. The molecule has 0 saturated heterocycles. The van der Waals surface area contributed by atoms with Crippen LogP contribution in [0, 0.1) is 25.5 Å². The van der Waals surface area contributed by atoms with E-state index in [1.807, 2.05) is 6.92 Å². The number of halogens is 2. The molecule has 0 spiro atoms. The predicted molar refractivity (Wildman–Crippen MR) is 76.8 cm³/mol. The minimum absolute atomic E-state index is 0.160. The number of fused-ring (bicyclic) bond motifs is 1. The number of rotatable bonds is 2. The van der Waals surface area contributed by atoms with Crippen molar-refractivity contribution in [3.8, 4) is 0 Å². The highest BCUT2D eigenvalue weighted by molar-refractivity contribution is 6.03. The van der Waals surface area contributed by atoms with Gasteiger partial charge in [-0.25, -0.2) is 18.3 Å². The SMILES string of the molecule is Cc1cc2nc(C(=O)Nc3ccc(F)c(F)c3)cc(C)n2n1. The number of aryl methyl sites for hydroxylation is 2. The van der Waals surface area contributed by atoms with Crippen LogP contribution in [0.15, 0.2) is 30.3 Å². The molecule has 3 aromatic rings. The minimum Gasteiger partial charge on any atom is -0.321 e. The third-order valence-corrected chi connectivity index (χ3v) is 3.14. The van der Waals surface area contributed by atoms with Gasteiger partial charge in [-0.05, 0) is 32.0 Å². The molecule has 2 aromatic heterocycles. The van der Waals surface area contributed by atoms with E-state index in [1.165, 1.54) is 6.07 Å². The van der Waals surface area contributed by atoms with Gasteiger partial charge in [0.2, 0.25) is 0 Å². The Kier molecular flexibility index (Phi) is 3.32. The van der Waals surface area contributed by atoms with Gasteiger partial charge < -0.3 is 5.32 Å². The van der Waals surface area contributed by atoms with Crippen LogP contribution in [0.1, 0.15) is 21.9 Å². The van der Waals surface area contributed by atoms with Crippen LogP contribution < -0.4 is 5.32 Å². The van der Waals surface area contributed by atoms with E-state index < -0.39 is 17.5 Å². The van der Waals surface area contributed by atoms with Crippen molar-refractivity contribution in [3.05, 3.63) is 59.0 Å². The lowest BCUT2D eigenvalue weighted by molar-refractivity contribution is 0.102. The number of carbonyl (C=O) groups excluding carboxylic acids is 1. The topological polar surface area (TPSA) is 59.3 Å². The summed E-state index contributed by atoms with van der Waals surface area (Å²) in [4.78, 5) is 16.4. The monoisotopic (exact) mass is 302 g/mol. The van der Waals surface area contributed by atoms with E-state index in [0.717, 1.165) is 23.5 Å². The molecule has 0 radical (unpaired) electrons. The molecule has 0 atom stereocenters. The Balaban J connectivity index is 1.93. The van der Waals surface area contributed by atoms with Crippen molar-refractivity contribution in [2.45, 2.75) is 13.8 Å². The average Bonchev–Trinajstić information content (AvgIpc) is 2.84. The summed E-state index contributed by atoms with van der Waals surface area (Å²) < 4.78 is 27.7. The van der Waals surface area contributed by atoms with Gasteiger partial charge in [0.15, 0.2) is 17.3 Å². The van der Waals surface area contributed by atoms with E-state index >= 15 is 0 Å². The van der Waals surface area contributed by atoms with Gasteiger partial charge in [-0.2, -0.15) is 5.10 Å². The van der Waals surface area contributed by atoms with Crippen LogP contribution >= 0.6 is 0 Å². The molecule has 0 bridgehead atoms. The summed E-state index contributed by atoms with van der Waals surface area (Å²) in [5.41, 5.74) is 2.41. The summed E-state index contributed by atoms with van der Waals surface area (Å²) in [6.45, 7) is 3.63. The first-order valence-corrected chi connectivity index (χ1v) is 6.54. The smallest absolute Gasteiger partial charge is 0.274 e. The van der Waals surface area contributed by atoms with Crippen molar-refractivity contribution in [1.29, 1.82) is 0 Å². The standard InChI is InChI=1S/C15H12F2N4O/c1-8-5-14-19-13(6-9(2)21(14)20-8)15(22)18-10-3-4-11(16)12(17)7-10/h3-7H,1-2H3,(H,18,22). The number of benzene rings is 1. The molecule has 0 aliphatic heterocycles. The van der Waals surface area contributed by atoms with Gasteiger partial charge in [-0.1, -0.05) is 0 Å². The van der Waals surface area contributed by atoms with Crippen LogP contribution in [0.4, 0.5) is 14.5 Å². The van der Waals surface area contributed by atoms with E-state index in [4.69, 9.17) is 0 Å². The van der Waals surface area contributed by atoms with Crippen LogP contribution in [0.25, 0.3) is 5.65 Å². The number of carbonyl (C=O) groups is 1. The molecule has 0 aliphatic rings. The lowest BCUT2D eigenvalue weighted by atomic mass is 10.2. The highest BCUT2D eigenvalue weighted by Gasteiger charge is 2.13. The Bertz CT molecular complexity index is 889. The second kappa shape index (κ2) is 5.18. The molecule has 0 fully saturated rings. The molecule has 2 heterocycles. The molecule has 0 saturated carbocycles. The lowest BCUT2D eigenvalue weighted by Crippen LogP contribution is -2.15. The average molecular weight is 302 g/mol. The fraction of sp³-hybridized carbons (Fsp3) is 0.133. The van der Waals surface area contributed by atoms with Crippen molar-refractivity contribution in [2.75, 3.05) is 5.32 Å². The number of hydrogen-bond donors (Lipinski definition) is 1. The normalized spacial score (nSPS) is 10.9. The van der Waals surface area contributed by atoms with E-state index in [1.54, 1.807) is 23.6 Å². The number of anilines is 1. The Morgan fingerprint density at radius 1 is 1.14 bits per heavy atom. The molecule has 5 nitrogen and oxygen atoms in total. The van der Waals surface area contributed by atoms with Crippen LogP contribution in [0.5, 0.6) is 0 Å². The van der Waals surface area contributed by atoms with Gasteiger partial charge in [0.25, 0.3) is 5.91 Å². The maximum absolute atomic E-state index is 13.2. The minimum atomic E-state index is -1.02. The molecule has 3 rings (SSSR count). The van der Waals surface area contributed by atoms with E-state index in [-0.39, 0.29) is 11.4 Å². The summed E-state index contributed by atoms with van der Waals surface area (Å²) in [6.07, 6.45) is 0. The summed E-state index contributed by atoms with van der Waals surface area (Å²) in [6, 6.07) is 6.48. The van der Waals surface area contributed by atoms with Crippen LogP contribution in [-0.4, -0.2) is 20.5 Å². The van der Waals surface area contributed by atoms with E-state index in [0.29, 0.717) is 5.65 Å². The van der Waals surface area contributed by atoms with Crippen molar-refractivity contribution < 1.29 is 13.6 Å². The quantitative estimate of drug-likeness (QED) is 0.792. The molecular weight excluding hydrogens is 290 g/mol. The molecular formula is C15H12F2N4O. The zero-order valence-corrected chi connectivity index (χ0v) is 11.9. The Labute approximate surface area is 124 Å². The first-order chi connectivity index (χ1) is 10.4. The summed E-state index contributed by atoms with van der Waals surface area (Å²) in [7, 11) is 0. The van der Waals surface area contributed by atoms with Crippen molar-refractivity contribution >= 4 is 17.2 Å². The van der Waals surface area contributed by atoms with E-state index in [9.17, 15) is 13.6 Å². The largest absolute Gasteiger partial charge is 0.321 e. The highest BCUT2D eigenvalue weighted by Crippen LogP contribution is 2.15. The molecule has 0 unspecified atom stereocenters. The first-order valence-electron chi connectivity index (χ1n) is 6.54. The second-order valence-corrected chi connectivity index (χ2v) is 4.92. The Morgan fingerprint density at radius 2 is 1.91 bits per heavy atom. The third-order valence-electron chi connectivity index (χ3n) is 3.14. The molecule has 1 N–H and O–H groups in total. The maximum atomic E-state index is 13.2. The van der Waals surface area contributed by atoms with Crippen molar-refractivity contribution in [1.82, 2.24) is 14.6 Å². The molecule has 22 heavy (non-hydrogen) atoms. The fourth-order valence-corrected chi connectivity index (χ4v) is 2.13. The number of amides is 1. The molecule has 1 amide bonds. The zero-order chi connectivity index (χ0) is 15.9. The third kappa shape index (κ3) is 2.52. The first kappa shape index (κ1) is 14.1. The van der Waals surface area contributed by atoms with Gasteiger partial charge in [-0.15, -0.1) is 0 Å². The molecule has 112 valence electrons. The van der Waals surface area contributed by atoms with E-state index in [2.05, 4.69) is 15.4 Å². The van der Waals surface area contributed by atoms with Crippen LogP contribution in [0.3, 0.4) is 0 Å². The zero-order valence-electron chi connectivity index (χ0n) is 11.9. The molecule has 7 heteroatoms. The van der Waals surface area contributed by atoms with Crippen molar-refractivity contribution in [3.63, 3.8) is 0 Å². The predicted octanol–water partition coefficient (Wildman–Crippen LogP) is 2.88. The van der Waals surface area contributed by atoms with Gasteiger partial charge in [0, 0.05) is 23.5 Å². The van der Waals surface area contributed by atoms with Gasteiger partial charge in [-0.3, -0.25) is 4.79 Å². The fourth-order valence-electron chi connectivity index (χ4n) is 2.13. The number of nitrogens with one attached hydrogen (secondary N) is 1. The number of hydrogen-bond acceptors (Lipinski definition) is 3.